The van der Waals surface area contributed by atoms with Gasteiger partial charge in [0, 0.05) is 18.1 Å². The fourth-order valence-corrected chi connectivity index (χ4v) is 2.64. The van der Waals surface area contributed by atoms with Gasteiger partial charge in [-0.1, -0.05) is 32.6 Å². The maximum atomic E-state index is 13.2. The van der Waals surface area contributed by atoms with E-state index in [1.54, 1.807) is 6.07 Å². The number of fused-ring (bicyclic) bond motifs is 1. The van der Waals surface area contributed by atoms with Crippen LogP contribution in [0.25, 0.3) is 0 Å². The first-order valence-corrected chi connectivity index (χ1v) is 7.35. The molecule has 0 aliphatic carbocycles. The lowest BCUT2D eigenvalue weighted by Gasteiger charge is -2.29. The predicted molar refractivity (Wildman–Crippen MR) is 73.8 cm³/mol. The van der Waals surface area contributed by atoms with E-state index < -0.39 is 6.10 Å². The lowest BCUT2D eigenvalue weighted by molar-refractivity contribution is 0.0601. The molecule has 0 radical (unpaired) electrons. The normalized spacial score (nSPS) is 21.8. The molecule has 0 spiro atoms. The van der Waals surface area contributed by atoms with Crippen molar-refractivity contribution in [3.63, 3.8) is 0 Å². The molecule has 0 amide bonds. The summed E-state index contributed by atoms with van der Waals surface area (Å²) < 4.78 is 19.0. The number of aliphatic hydroxyl groups excluding tert-OH is 1. The van der Waals surface area contributed by atoms with Crippen molar-refractivity contribution in [2.45, 2.75) is 64.1 Å². The fourth-order valence-electron chi connectivity index (χ4n) is 2.64. The number of rotatable bonds is 6. The first-order chi connectivity index (χ1) is 9.20. The number of ether oxygens (including phenoxy) is 1. The van der Waals surface area contributed by atoms with Crippen LogP contribution in [0.4, 0.5) is 4.39 Å². The summed E-state index contributed by atoms with van der Waals surface area (Å²) >= 11 is 0. The molecule has 0 saturated heterocycles. The zero-order valence-electron chi connectivity index (χ0n) is 11.6. The van der Waals surface area contributed by atoms with Gasteiger partial charge in [-0.25, -0.2) is 4.39 Å². The van der Waals surface area contributed by atoms with Crippen molar-refractivity contribution in [2.75, 3.05) is 0 Å². The molecule has 1 aromatic rings. The molecule has 19 heavy (non-hydrogen) atoms. The summed E-state index contributed by atoms with van der Waals surface area (Å²) in [6, 6.07) is 4.37. The van der Waals surface area contributed by atoms with E-state index in [0.717, 1.165) is 12.8 Å². The van der Waals surface area contributed by atoms with Crippen molar-refractivity contribution in [2.24, 2.45) is 0 Å². The number of unbranched alkanes of at least 4 members (excludes halogenated alkanes) is 4. The van der Waals surface area contributed by atoms with Gasteiger partial charge >= 0.3 is 0 Å². The average Bonchev–Trinajstić information content (AvgIpc) is 2.38. The van der Waals surface area contributed by atoms with Crippen LogP contribution in [0.1, 0.15) is 63.5 Å². The molecule has 0 fully saturated rings. The van der Waals surface area contributed by atoms with E-state index in [2.05, 4.69) is 6.92 Å². The molecular formula is C16H23FO2. The molecule has 2 atom stereocenters. The third-order valence-corrected chi connectivity index (χ3v) is 3.74. The second-order valence-electron chi connectivity index (χ2n) is 5.38. The van der Waals surface area contributed by atoms with E-state index in [4.69, 9.17) is 4.74 Å². The monoisotopic (exact) mass is 266 g/mol. The van der Waals surface area contributed by atoms with Crippen LogP contribution >= 0.6 is 0 Å². The highest BCUT2D eigenvalue weighted by Crippen LogP contribution is 2.36. The number of aliphatic hydroxyl groups is 1. The molecule has 3 heteroatoms. The van der Waals surface area contributed by atoms with Crippen LogP contribution < -0.4 is 4.74 Å². The summed E-state index contributed by atoms with van der Waals surface area (Å²) in [6.07, 6.45) is 7.16. The van der Waals surface area contributed by atoms with Gasteiger partial charge in [-0.2, -0.15) is 0 Å². The van der Waals surface area contributed by atoms with E-state index in [0.29, 0.717) is 17.7 Å². The van der Waals surface area contributed by atoms with Gasteiger partial charge in [0.15, 0.2) is 0 Å². The van der Waals surface area contributed by atoms with Gasteiger partial charge in [0.05, 0.1) is 6.10 Å². The molecule has 1 aromatic carbocycles. The summed E-state index contributed by atoms with van der Waals surface area (Å²) in [5.74, 6) is 0.201. The average molecular weight is 266 g/mol. The van der Waals surface area contributed by atoms with Crippen molar-refractivity contribution in [3.05, 3.63) is 29.6 Å². The topological polar surface area (TPSA) is 29.5 Å². The lowest BCUT2D eigenvalue weighted by atomic mass is 9.96. The van der Waals surface area contributed by atoms with Crippen LogP contribution in [-0.2, 0) is 0 Å². The third-order valence-electron chi connectivity index (χ3n) is 3.74. The van der Waals surface area contributed by atoms with Crippen LogP contribution in [-0.4, -0.2) is 11.2 Å². The van der Waals surface area contributed by atoms with Gasteiger partial charge in [-0.15, -0.1) is 0 Å². The summed E-state index contributed by atoms with van der Waals surface area (Å²) in [7, 11) is 0. The van der Waals surface area contributed by atoms with E-state index in [1.807, 2.05) is 0 Å². The molecule has 2 unspecified atom stereocenters. The maximum Gasteiger partial charge on any atom is 0.128 e. The van der Waals surface area contributed by atoms with Crippen LogP contribution in [0.2, 0.25) is 0 Å². The Morgan fingerprint density at radius 1 is 1.26 bits per heavy atom. The zero-order chi connectivity index (χ0) is 13.7. The minimum absolute atomic E-state index is 0.0194. The van der Waals surface area contributed by atoms with Gasteiger partial charge < -0.3 is 9.84 Å². The molecule has 0 aromatic heterocycles. The highest BCUT2D eigenvalue weighted by Gasteiger charge is 2.26. The van der Waals surface area contributed by atoms with E-state index in [9.17, 15) is 9.50 Å². The Kier molecular flexibility index (Phi) is 5.20. The Morgan fingerprint density at radius 2 is 2.05 bits per heavy atom. The first-order valence-electron chi connectivity index (χ1n) is 7.35. The fraction of sp³-hybridized carbons (Fsp3) is 0.625. The maximum absolute atomic E-state index is 13.2. The molecule has 1 heterocycles. The van der Waals surface area contributed by atoms with Crippen molar-refractivity contribution >= 4 is 0 Å². The van der Waals surface area contributed by atoms with Crippen molar-refractivity contribution in [1.82, 2.24) is 0 Å². The van der Waals surface area contributed by atoms with Gasteiger partial charge in [-0.05, 0) is 25.0 Å². The molecule has 0 saturated carbocycles. The Labute approximate surface area is 114 Å². The van der Waals surface area contributed by atoms with Gasteiger partial charge in [0.25, 0.3) is 0 Å². The predicted octanol–water partition coefficient (Wildman–Crippen LogP) is 4.37. The number of hydrogen-bond acceptors (Lipinski definition) is 2. The Bertz CT molecular complexity index is 406. The van der Waals surface area contributed by atoms with Crippen LogP contribution in [0.5, 0.6) is 5.75 Å². The summed E-state index contributed by atoms with van der Waals surface area (Å²) in [6.45, 7) is 2.20. The molecule has 1 aliphatic heterocycles. The Morgan fingerprint density at radius 3 is 2.84 bits per heavy atom. The smallest absolute Gasteiger partial charge is 0.128 e. The van der Waals surface area contributed by atoms with Crippen LogP contribution in [0.3, 0.4) is 0 Å². The molecular weight excluding hydrogens is 243 g/mol. The Hall–Kier alpha value is -1.09. The second-order valence-corrected chi connectivity index (χ2v) is 5.38. The summed E-state index contributed by atoms with van der Waals surface area (Å²) in [5, 5.41) is 10.1. The van der Waals surface area contributed by atoms with Crippen LogP contribution in [0, 0.1) is 5.82 Å². The quantitative estimate of drug-likeness (QED) is 0.775. The van der Waals surface area contributed by atoms with E-state index in [-0.39, 0.29) is 11.9 Å². The largest absolute Gasteiger partial charge is 0.490 e. The zero-order valence-corrected chi connectivity index (χ0v) is 11.6. The molecule has 0 bridgehead atoms. The summed E-state index contributed by atoms with van der Waals surface area (Å²) in [5.41, 5.74) is 0.712. The highest BCUT2D eigenvalue weighted by molar-refractivity contribution is 5.37. The lowest BCUT2D eigenvalue weighted by Crippen LogP contribution is -2.25. The van der Waals surface area contributed by atoms with E-state index in [1.165, 1.54) is 37.8 Å². The highest BCUT2D eigenvalue weighted by atomic mass is 19.1. The minimum atomic E-state index is -0.523. The van der Waals surface area contributed by atoms with Crippen molar-refractivity contribution < 1.29 is 14.2 Å². The molecule has 1 N–H and O–H groups in total. The van der Waals surface area contributed by atoms with Gasteiger partial charge in [0.2, 0.25) is 0 Å². The van der Waals surface area contributed by atoms with Crippen LogP contribution in [0.15, 0.2) is 18.2 Å². The van der Waals surface area contributed by atoms with Gasteiger partial charge in [0.1, 0.15) is 17.7 Å². The SMILES string of the molecule is CCCCCCCC1CC(O)c2ccc(F)cc2O1. The second kappa shape index (κ2) is 6.90. The van der Waals surface area contributed by atoms with Crippen molar-refractivity contribution in [1.29, 1.82) is 0 Å². The minimum Gasteiger partial charge on any atom is -0.490 e. The Balaban J connectivity index is 1.86. The van der Waals surface area contributed by atoms with E-state index >= 15 is 0 Å². The molecule has 2 nitrogen and oxygen atoms in total. The number of halogens is 1. The molecule has 2 rings (SSSR count). The standard InChI is InChI=1S/C16H23FO2/c1-2-3-4-5-6-7-13-11-15(18)14-9-8-12(17)10-16(14)19-13/h8-10,13,15,18H,2-7,11H2,1H3. The molecule has 1 aliphatic rings. The number of benzene rings is 1. The van der Waals surface area contributed by atoms with Gasteiger partial charge in [-0.3, -0.25) is 0 Å². The summed E-state index contributed by atoms with van der Waals surface area (Å²) in [4.78, 5) is 0. The van der Waals surface area contributed by atoms with Crippen molar-refractivity contribution in [3.8, 4) is 5.75 Å². The number of hydrogen-bond donors (Lipinski definition) is 1. The third kappa shape index (κ3) is 3.93. The molecule has 106 valence electrons. The first kappa shape index (κ1) is 14.3.